The van der Waals surface area contributed by atoms with E-state index in [1.54, 1.807) is 7.11 Å². The molecular formula is C33H36N8O. The third-order valence-corrected chi connectivity index (χ3v) is 10.5. The van der Waals surface area contributed by atoms with Gasteiger partial charge in [0.25, 0.3) is 0 Å². The number of nitrogens with zero attached hydrogens (tertiary/aromatic N) is 7. The van der Waals surface area contributed by atoms with E-state index in [1.807, 2.05) is 18.3 Å². The van der Waals surface area contributed by atoms with Crippen molar-refractivity contribution in [1.29, 1.82) is 5.26 Å². The lowest BCUT2D eigenvalue weighted by molar-refractivity contribution is 0.0254. The fourth-order valence-electron chi connectivity index (χ4n) is 7.87. The number of rotatable bonds is 3. The molecule has 9 heteroatoms. The smallest absolute Gasteiger partial charge is 0.156 e. The SMILES string of the molecule is COC1CC(N2CCN(C3=NCc4nc(N5CCC6(CC5)Cc5ccccc5C6N)cnc43)c3ccc(C#N)cc32)C1. The molecule has 3 aliphatic heterocycles. The Morgan fingerprint density at radius 2 is 1.88 bits per heavy atom. The van der Waals surface area contributed by atoms with Gasteiger partial charge < -0.3 is 25.2 Å². The second kappa shape index (κ2) is 9.79. The number of hydrogen-bond acceptors (Lipinski definition) is 9. The van der Waals surface area contributed by atoms with E-state index in [1.165, 1.54) is 11.1 Å². The average Bonchev–Trinajstić information content (AvgIpc) is 3.55. The van der Waals surface area contributed by atoms with E-state index >= 15 is 0 Å². The van der Waals surface area contributed by atoms with Gasteiger partial charge in [-0.3, -0.25) is 4.99 Å². The van der Waals surface area contributed by atoms with Crippen LogP contribution in [0.2, 0.25) is 0 Å². The Hall–Kier alpha value is -4.00. The lowest BCUT2D eigenvalue weighted by Gasteiger charge is -2.48. The fourth-order valence-corrected chi connectivity index (χ4v) is 7.87. The van der Waals surface area contributed by atoms with E-state index in [4.69, 9.17) is 25.4 Å². The number of hydrogen-bond donors (Lipinski definition) is 1. The van der Waals surface area contributed by atoms with E-state index in [0.29, 0.717) is 24.3 Å². The van der Waals surface area contributed by atoms with Gasteiger partial charge in [-0.15, -0.1) is 0 Å². The Balaban J connectivity index is 1.01. The number of methoxy groups -OCH3 is 1. The van der Waals surface area contributed by atoms with E-state index < -0.39 is 0 Å². The van der Waals surface area contributed by atoms with Crippen molar-refractivity contribution < 1.29 is 4.74 Å². The molecule has 1 atom stereocenters. The number of amidine groups is 1. The van der Waals surface area contributed by atoms with Crippen LogP contribution in [0, 0.1) is 16.7 Å². The monoisotopic (exact) mass is 560 g/mol. The minimum absolute atomic E-state index is 0.108. The first-order valence-electron chi connectivity index (χ1n) is 15.2. The molecule has 42 heavy (non-hydrogen) atoms. The van der Waals surface area contributed by atoms with Gasteiger partial charge in [0, 0.05) is 45.4 Å². The number of aromatic nitrogens is 2. The van der Waals surface area contributed by atoms with Gasteiger partial charge in [0.2, 0.25) is 0 Å². The van der Waals surface area contributed by atoms with E-state index in [0.717, 1.165) is 92.7 Å². The highest BCUT2D eigenvalue weighted by atomic mass is 16.5. The summed E-state index contributed by atoms with van der Waals surface area (Å²) >= 11 is 0. The summed E-state index contributed by atoms with van der Waals surface area (Å²) in [7, 11) is 1.79. The van der Waals surface area contributed by atoms with Crippen LogP contribution in [0.1, 0.15) is 59.8 Å². The Labute approximate surface area is 246 Å². The van der Waals surface area contributed by atoms with Gasteiger partial charge in [0.05, 0.1) is 47.5 Å². The highest BCUT2D eigenvalue weighted by Crippen LogP contribution is 2.51. The van der Waals surface area contributed by atoms with Crippen LogP contribution in [0.15, 0.2) is 53.7 Å². The fraction of sp³-hybridized carbons (Fsp3) is 0.455. The van der Waals surface area contributed by atoms with Gasteiger partial charge in [-0.2, -0.15) is 5.26 Å². The molecule has 5 aliphatic rings. The molecule has 2 N–H and O–H groups in total. The number of benzene rings is 2. The second-order valence-electron chi connectivity index (χ2n) is 12.5. The molecule has 1 unspecified atom stereocenters. The maximum Gasteiger partial charge on any atom is 0.156 e. The van der Waals surface area contributed by atoms with Crippen molar-refractivity contribution in [2.75, 3.05) is 48.0 Å². The number of nitrogens with two attached hydrogens (primary N) is 1. The summed E-state index contributed by atoms with van der Waals surface area (Å²) < 4.78 is 5.54. The van der Waals surface area contributed by atoms with Crippen molar-refractivity contribution >= 4 is 23.0 Å². The summed E-state index contributed by atoms with van der Waals surface area (Å²) in [5.74, 6) is 1.82. The Kier molecular flexibility index (Phi) is 5.99. The van der Waals surface area contributed by atoms with Crippen LogP contribution < -0.4 is 20.4 Å². The molecule has 3 aromatic rings. The van der Waals surface area contributed by atoms with Crippen LogP contribution in [0.3, 0.4) is 0 Å². The highest BCUT2D eigenvalue weighted by Gasteiger charge is 2.46. The normalized spacial score (nSPS) is 25.4. The number of aliphatic imine (C=N–C) groups is 1. The molecule has 0 radical (unpaired) electrons. The molecule has 1 saturated heterocycles. The maximum absolute atomic E-state index is 9.62. The van der Waals surface area contributed by atoms with Crippen LogP contribution in [0.5, 0.6) is 0 Å². The lowest BCUT2D eigenvalue weighted by atomic mass is 9.73. The largest absolute Gasteiger partial charge is 0.381 e. The van der Waals surface area contributed by atoms with Crippen molar-refractivity contribution in [3.05, 3.63) is 76.7 Å². The second-order valence-corrected chi connectivity index (χ2v) is 12.5. The molecule has 214 valence electrons. The van der Waals surface area contributed by atoms with Crippen LogP contribution in [0.25, 0.3) is 0 Å². The highest BCUT2D eigenvalue weighted by molar-refractivity contribution is 6.12. The molecule has 9 nitrogen and oxygen atoms in total. The summed E-state index contributed by atoms with van der Waals surface area (Å²) in [6.07, 6.45) is 7.47. The summed E-state index contributed by atoms with van der Waals surface area (Å²) in [5, 5.41) is 9.62. The lowest BCUT2D eigenvalue weighted by Crippen LogP contribution is -2.54. The van der Waals surface area contributed by atoms with Gasteiger partial charge in [0.15, 0.2) is 5.84 Å². The van der Waals surface area contributed by atoms with Gasteiger partial charge >= 0.3 is 0 Å². The Morgan fingerprint density at radius 3 is 2.67 bits per heavy atom. The van der Waals surface area contributed by atoms with E-state index in [2.05, 4.69) is 51.1 Å². The predicted octanol–water partition coefficient (Wildman–Crippen LogP) is 3.96. The number of piperidine rings is 1. The van der Waals surface area contributed by atoms with Crippen molar-refractivity contribution in [3.63, 3.8) is 0 Å². The molecule has 2 aliphatic carbocycles. The number of ether oxygens (including phenoxy) is 1. The van der Waals surface area contributed by atoms with E-state index in [-0.39, 0.29) is 11.5 Å². The molecule has 1 spiro atoms. The molecular weight excluding hydrogens is 524 g/mol. The first kappa shape index (κ1) is 25.7. The molecule has 0 amide bonds. The first-order valence-corrected chi connectivity index (χ1v) is 15.2. The number of nitriles is 1. The first-order chi connectivity index (χ1) is 20.6. The van der Waals surface area contributed by atoms with Gasteiger partial charge in [-0.1, -0.05) is 24.3 Å². The topological polar surface area (TPSA) is 107 Å². The Morgan fingerprint density at radius 1 is 1.05 bits per heavy atom. The zero-order chi connectivity index (χ0) is 28.4. The Bertz CT molecular complexity index is 1610. The summed E-state index contributed by atoms with van der Waals surface area (Å²) in [6, 6.07) is 17.5. The quantitative estimate of drug-likeness (QED) is 0.513. The van der Waals surface area contributed by atoms with Crippen LogP contribution in [-0.2, 0) is 17.7 Å². The van der Waals surface area contributed by atoms with Crippen molar-refractivity contribution in [2.45, 2.75) is 56.8 Å². The minimum Gasteiger partial charge on any atom is -0.381 e. The molecule has 1 saturated carbocycles. The zero-order valence-corrected chi connectivity index (χ0v) is 24.0. The number of anilines is 3. The van der Waals surface area contributed by atoms with Crippen molar-refractivity contribution in [1.82, 2.24) is 9.97 Å². The molecule has 0 bridgehead atoms. The standard InChI is InChI=1S/C33H36N8O/c1-42-24-15-23(16-24)40-12-13-41(27-7-6-21(18-34)14-28(27)40)32-30-26(19-37-32)38-29(20-36-30)39-10-8-33(9-11-39)17-22-4-2-3-5-25(22)31(33)35/h2-7,14,20,23-24,31H,8-13,15-17,19,35H2,1H3. The van der Waals surface area contributed by atoms with Crippen LogP contribution in [-0.4, -0.2) is 61.2 Å². The summed E-state index contributed by atoms with van der Waals surface area (Å²) in [4.78, 5) is 22.1. The third-order valence-electron chi connectivity index (χ3n) is 10.5. The molecule has 2 aromatic carbocycles. The van der Waals surface area contributed by atoms with Crippen molar-refractivity contribution in [2.24, 2.45) is 16.1 Å². The predicted molar refractivity (Wildman–Crippen MR) is 163 cm³/mol. The summed E-state index contributed by atoms with van der Waals surface area (Å²) in [6.45, 7) is 4.08. The minimum atomic E-state index is 0.108. The summed E-state index contributed by atoms with van der Waals surface area (Å²) in [5.41, 5.74) is 14.3. The third kappa shape index (κ3) is 3.92. The van der Waals surface area contributed by atoms with Gasteiger partial charge in [-0.05, 0) is 66.8 Å². The van der Waals surface area contributed by atoms with Crippen LogP contribution in [0.4, 0.5) is 17.2 Å². The molecule has 4 heterocycles. The molecule has 2 fully saturated rings. The average molecular weight is 561 g/mol. The number of fused-ring (bicyclic) bond motifs is 3. The molecule has 8 rings (SSSR count). The molecule has 1 aromatic heterocycles. The zero-order valence-electron chi connectivity index (χ0n) is 24.0. The van der Waals surface area contributed by atoms with Gasteiger partial charge in [0.1, 0.15) is 11.5 Å². The van der Waals surface area contributed by atoms with E-state index in [9.17, 15) is 5.26 Å². The van der Waals surface area contributed by atoms with Crippen molar-refractivity contribution in [3.8, 4) is 6.07 Å². The van der Waals surface area contributed by atoms with Crippen LogP contribution >= 0.6 is 0 Å². The maximum atomic E-state index is 9.62. The van der Waals surface area contributed by atoms with Gasteiger partial charge in [-0.25, -0.2) is 9.97 Å².